The first-order chi connectivity index (χ1) is 7.30. The maximum absolute atomic E-state index is 12.6. The van der Waals surface area contributed by atoms with E-state index in [0.29, 0.717) is 18.8 Å². The Morgan fingerprint density at radius 3 is 2.38 bits per heavy atom. The molecule has 3 atom stereocenters. The summed E-state index contributed by atoms with van der Waals surface area (Å²) >= 11 is 0. The molecule has 96 valence electrons. The summed E-state index contributed by atoms with van der Waals surface area (Å²) in [5.74, 6) is -1.03. The van der Waals surface area contributed by atoms with E-state index in [0.717, 1.165) is 6.42 Å². The Morgan fingerprint density at radius 2 is 1.88 bits per heavy atom. The number of aliphatic hydroxyl groups is 1. The lowest BCUT2D eigenvalue weighted by Gasteiger charge is -2.33. The quantitative estimate of drug-likeness (QED) is 0.793. The molecule has 0 heterocycles. The van der Waals surface area contributed by atoms with Gasteiger partial charge >= 0.3 is 6.18 Å². The molecule has 0 amide bonds. The fourth-order valence-corrected chi connectivity index (χ4v) is 2.55. The predicted octanol–water partition coefficient (Wildman–Crippen LogP) is 3.76. The molecule has 1 aliphatic rings. The van der Waals surface area contributed by atoms with Gasteiger partial charge in [-0.05, 0) is 37.5 Å². The van der Waals surface area contributed by atoms with Crippen molar-refractivity contribution in [2.24, 2.45) is 17.8 Å². The molecule has 1 saturated carbocycles. The first-order valence-corrected chi connectivity index (χ1v) is 6.05. The summed E-state index contributed by atoms with van der Waals surface area (Å²) in [6.07, 6.45) is -2.38. The van der Waals surface area contributed by atoms with E-state index in [2.05, 4.69) is 0 Å². The fourth-order valence-electron chi connectivity index (χ4n) is 2.55. The van der Waals surface area contributed by atoms with Gasteiger partial charge in [0, 0.05) is 0 Å². The standard InChI is InChI=1S/C12H21F3O/c1-8(2)6-11(16)9-4-3-5-10(7-9)12(13,14)15/h8-11,16H,3-7H2,1-2H3. The second-order valence-electron chi connectivity index (χ2n) is 5.36. The number of halogens is 3. The van der Waals surface area contributed by atoms with E-state index in [9.17, 15) is 18.3 Å². The minimum Gasteiger partial charge on any atom is -0.393 e. The predicted molar refractivity (Wildman–Crippen MR) is 57.0 cm³/mol. The average Bonchev–Trinajstić information content (AvgIpc) is 2.15. The molecule has 16 heavy (non-hydrogen) atoms. The van der Waals surface area contributed by atoms with Crippen molar-refractivity contribution in [1.82, 2.24) is 0 Å². The number of rotatable bonds is 3. The van der Waals surface area contributed by atoms with E-state index in [1.54, 1.807) is 0 Å². The minimum absolute atomic E-state index is 0.109. The van der Waals surface area contributed by atoms with Crippen LogP contribution in [0.2, 0.25) is 0 Å². The molecule has 0 saturated heterocycles. The van der Waals surface area contributed by atoms with Crippen molar-refractivity contribution in [2.45, 2.75) is 58.2 Å². The van der Waals surface area contributed by atoms with Crippen molar-refractivity contribution < 1.29 is 18.3 Å². The van der Waals surface area contributed by atoms with E-state index >= 15 is 0 Å². The zero-order chi connectivity index (χ0) is 12.3. The van der Waals surface area contributed by atoms with Gasteiger partial charge in [-0.25, -0.2) is 0 Å². The highest BCUT2D eigenvalue weighted by atomic mass is 19.4. The molecule has 0 aliphatic heterocycles. The van der Waals surface area contributed by atoms with E-state index in [-0.39, 0.29) is 18.8 Å². The van der Waals surface area contributed by atoms with Gasteiger partial charge in [0.1, 0.15) is 0 Å². The summed E-state index contributed by atoms with van der Waals surface area (Å²) in [4.78, 5) is 0. The van der Waals surface area contributed by atoms with Crippen molar-refractivity contribution in [1.29, 1.82) is 0 Å². The Kier molecular flexibility index (Phi) is 4.65. The first-order valence-electron chi connectivity index (χ1n) is 6.05. The Bertz CT molecular complexity index is 213. The molecule has 0 radical (unpaired) electrons. The third-order valence-corrected chi connectivity index (χ3v) is 3.43. The highest BCUT2D eigenvalue weighted by molar-refractivity contribution is 4.81. The summed E-state index contributed by atoms with van der Waals surface area (Å²) in [6.45, 7) is 3.96. The van der Waals surface area contributed by atoms with E-state index in [4.69, 9.17) is 0 Å². The van der Waals surface area contributed by atoms with E-state index in [1.165, 1.54) is 0 Å². The average molecular weight is 238 g/mol. The van der Waals surface area contributed by atoms with Gasteiger partial charge < -0.3 is 5.11 Å². The molecule has 0 aromatic carbocycles. The molecule has 1 aliphatic carbocycles. The number of alkyl halides is 3. The van der Waals surface area contributed by atoms with Crippen LogP contribution in [0.25, 0.3) is 0 Å². The third-order valence-electron chi connectivity index (χ3n) is 3.43. The van der Waals surface area contributed by atoms with Gasteiger partial charge in [-0.15, -0.1) is 0 Å². The summed E-state index contributed by atoms with van der Waals surface area (Å²) in [5, 5.41) is 9.86. The van der Waals surface area contributed by atoms with Crippen LogP contribution >= 0.6 is 0 Å². The maximum atomic E-state index is 12.6. The number of hydrogen-bond acceptors (Lipinski definition) is 1. The van der Waals surface area contributed by atoms with E-state index < -0.39 is 18.2 Å². The molecular formula is C12H21F3O. The van der Waals surface area contributed by atoms with Crippen molar-refractivity contribution in [2.75, 3.05) is 0 Å². The molecule has 0 aromatic rings. The van der Waals surface area contributed by atoms with Crippen molar-refractivity contribution in [3.8, 4) is 0 Å². The largest absolute Gasteiger partial charge is 0.393 e. The summed E-state index contributed by atoms with van der Waals surface area (Å²) in [6, 6.07) is 0. The third kappa shape index (κ3) is 3.96. The summed E-state index contributed by atoms with van der Waals surface area (Å²) in [5.41, 5.74) is 0. The maximum Gasteiger partial charge on any atom is 0.391 e. The second kappa shape index (κ2) is 5.39. The summed E-state index contributed by atoms with van der Waals surface area (Å²) < 4.78 is 37.7. The highest BCUT2D eigenvalue weighted by Crippen LogP contribution is 2.41. The number of hydrogen-bond donors (Lipinski definition) is 1. The molecular weight excluding hydrogens is 217 g/mol. The Labute approximate surface area is 95.0 Å². The molecule has 3 unspecified atom stereocenters. The Morgan fingerprint density at radius 1 is 1.25 bits per heavy atom. The minimum atomic E-state index is -4.09. The van der Waals surface area contributed by atoms with Crippen LogP contribution in [0.4, 0.5) is 13.2 Å². The van der Waals surface area contributed by atoms with Crippen molar-refractivity contribution >= 4 is 0 Å². The Balaban J connectivity index is 2.50. The Hall–Kier alpha value is -0.250. The normalized spacial score (nSPS) is 29.4. The van der Waals surface area contributed by atoms with Gasteiger partial charge in [-0.2, -0.15) is 13.2 Å². The van der Waals surface area contributed by atoms with Gasteiger partial charge in [0.25, 0.3) is 0 Å². The first kappa shape index (κ1) is 13.8. The van der Waals surface area contributed by atoms with Gasteiger partial charge in [0.2, 0.25) is 0 Å². The SMILES string of the molecule is CC(C)CC(O)C1CCCC(C(F)(F)F)C1. The topological polar surface area (TPSA) is 20.2 Å². The molecule has 1 fully saturated rings. The monoisotopic (exact) mass is 238 g/mol. The molecule has 1 N–H and O–H groups in total. The lowest BCUT2D eigenvalue weighted by molar-refractivity contribution is -0.189. The van der Waals surface area contributed by atoms with Gasteiger partial charge in [0.15, 0.2) is 0 Å². The van der Waals surface area contributed by atoms with Crippen molar-refractivity contribution in [3.05, 3.63) is 0 Å². The molecule has 1 rings (SSSR count). The molecule has 0 bridgehead atoms. The van der Waals surface area contributed by atoms with Crippen LogP contribution in [-0.4, -0.2) is 17.4 Å². The van der Waals surface area contributed by atoms with Crippen molar-refractivity contribution in [3.63, 3.8) is 0 Å². The lowest BCUT2D eigenvalue weighted by Crippen LogP contribution is -2.34. The zero-order valence-corrected chi connectivity index (χ0v) is 9.93. The van der Waals surface area contributed by atoms with Crippen LogP contribution in [0.3, 0.4) is 0 Å². The van der Waals surface area contributed by atoms with Crippen LogP contribution in [0.1, 0.15) is 46.0 Å². The van der Waals surface area contributed by atoms with Crippen LogP contribution in [0, 0.1) is 17.8 Å². The number of aliphatic hydroxyl groups excluding tert-OH is 1. The van der Waals surface area contributed by atoms with Gasteiger partial charge in [-0.1, -0.05) is 20.3 Å². The van der Waals surface area contributed by atoms with E-state index in [1.807, 2.05) is 13.8 Å². The van der Waals surface area contributed by atoms with Crippen LogP contribution in [0.5, 0.6) is 0 Å². The molecule has 1 nitrogen and oxygen atoms in total. The molecule has 4 heteroatoms. The highest BCUT2D eigenvalue weighted by Gasteiger charge is 2.43. The van der Waals surface area contributed by atoms with Gasteiger partial charge in [0.05, 0.1) is 12.0 Å². The van der Waals surface area contributed by atoms with Crippen LogP contribution < -0.4 is 0 Å². The molecule has 0 aromatic heterocycles. The second-order valence-corrected chi connectivity index (χ2v) is 5.36. The zero-order valence-electron chi connectivity index (χ0n) is 9.93. The lowest BCUT2D eigenvalue weighted by atomic mass is 9.77. The summed E-state index contributed by atoms with van der Waals surface area (Å²) in [7, 11) is 0. The van der Waals surface area contributed by atoms with Crippen LogP contribution in [0.15, 0.2) is 0 Å². The van der Waals surface area contributed by atoms with Gasteiger partial charge in [-0.3, -0.25) is 0 Å². The fraction of sp³-hybridized carbons (Fsp3) is 1.00. The smallest absolute Gasteiger partial charge is 0.391 e. The van der Waals surface area contributed by atoms with Crippen LogP contribution in [-0.2, 0) is 0 Å². The molecule has 0 spiro atoms.